The predicted molar refractivity (Wildman–Crippen MR) is 195 cm³/mol. The smallest absolute Gasteiger partial charge is 0.0894 e. The third-order valence-electron chi connectivity index (χ3n) is 8.74. The van der Waals surface area contributed by atoms with E-state index < -0.39 is 0 Å². The molecule has 9 rings (SSSR count). The Kier molecular flexibility index (Phi) is 6.72. The van der Waals surface area contributed by atoms with Crippen LogP contribution in [0.4, 0.5) is 0 Å². The summed E-state index contributed by atoms with van der Waals surface area (Å²) in [5.74, 6) is 0. The Morgan fingerprint density at radius 1 is 0.312 bits per heavy atom. The lowest BCUT2D eigenvalue weighted by molar-refractivity contribution is 1.28. The van der Waals surface area contributed by atoms with Gasteiger partial charge in [-0.05, 0) is 101 Å². The van der Waals surface area contributed by atoms with Crippen molar-refractivity contribution in [3.8, 4) is 56.3 Å². The molecule has 5 aromatic heterocycles. The first kappa shape index (κ1) is 27.7. The van der Waals surface area contributed by atoms with Crippen molar-refractivity contribution in [3.63, 3.8) is 0 Å². The summed E-state index contributed by atoms with van der Waals surface area (Å²) in [6.45, 7) is 0. The summed E-state index contributed by atoms with van der Waals surface area (Å²) in [6.07, 6.45) is 5.50. The average molecular weight is 614 g/mol. The minimum Gasteiger partial charge on any atom is -0.264 e. The van der Waals surface area contributed by atoms with Crippen molar-refractivity contribution in [2.45, 2.75) is 0 Å². The van der Waals surface area contributed by atoms with E-state index in [0.29, 0.717) is 0 Å². The molecule has 5 heteroatoms. The molecule has 0 aliphatic carbocycles. The normalized spacial score (nSPS) is 11.3. The SMILES string of the molecule is c1ccc(-c2cc(-c3cccnc3)cc(-c3ccc4cc(-c5cccc(-c6ccc7cc8ccccc8cc7n6)n5)ccc4n3)c2)nc1. The molecule has 9 aromatic rings. The van der Waals surface area contributed by atoms with Crippen LogP contribution in [0.25, 0.3) is 88.9 Å². The first-order chi connectivity index (χ1) is 23.7. The van der Waals surface area contributed by atoms with Crippen molar-refractivity contribution >= 4 is 32.6 Å². The highest BCUT2D eigenvalue weighted by atomic mass is 14.8. The second kappa shape index (κ2) is 11.6. The minimum atomic E-state index is 0.841. The van der Waals surface area contributed by atoms with Crippen LogP contribution in [0.1, 0.15) is 0 Å². The van der Waals surface area contributed by atoms with E-state index >= 15 is 0 Å². The first-order valence-corrected chi connectivity index (χ1v) is 15.9. The summed E-state index contributed by atoms with van der Waals surface area (Å²) in [4.78, 5) is 24.1. The zero-order valence-electron chi connectivity index (χ0n) is 25.8. The van der Waals surface area contributed by atoms with E-state index in [1.165, 1.54) is 10.8 Å². The zero-order chi connectivity index (χ0) is 31.9. The summed E-state index contributed by atoms with van der Waals surface area (Å²) in [7, 11) is 0. The quantitative estimate of drug-likeness (QED) is 0.181. The Labute approximate surface area is 277 Å². The maximum Gasteiger partial charge on any atom is 0.0894 e. The molecule has 0 bridgehead atoms. The molecule has 0 aliphatic rings. The zero-order valence-corrected chi connectivity index (χ0v) is 25.8. The molecule has 5 nitrogen and oxygen atoms in total. The highest BCUT2D eigenvalue weighted by molar-refractivity contribution is 5.97. The Balaban J connectivity index is 1.07. The molecule has 0 saturated carbocycles. The fourth-order valence-electron chi connectivity index (χ4n) is 6.30. The van der Waals surface area contributed by atoms with Crippen molar-refractivity contribution in [2.24, 2.45) is 0 Å². The molecule has 0 amide bonds. The second-order valence-corrected chi connectivity index (χ2v) is 11.9. The molecule has 0 saturated heterocycles. The monoisotopic (exact) mass is 613 g/mol. The van der Waals surface area contributed by atoms with Crippen LogP contribution in [0.5, 0.6) is 0 Å². The van der Waals surface area contributed by atoms with Gasteiger partial charge in [0.1, 0.15) is 0 Å². The van der Waals surface area contributed by atoms with E-state index in [4.69, 9.17) is 15.0 Å². The Morgan fingerprint density at radius 2 is 1.00 bits per heavy atom. The molecule has 48 heavy (non-hydrogen) atoms. The fraction of sp³-hybridized carbons (Fsp3) is 0. The van der Waals surface area contributed by atoms with Gasteiger partial charge in [0.2, 0.25) is 0 Å². The van der Waals surface area contributed by atoms with Gasteiger partial charge in [-0.25, -0.2) is 15.0 Å². The third-order valence-corrected chi connectivity index (χ3v) is 8.74. The predicted octanol–water partition coefficient (Wildman–Crippen LogP) is 10.5. The molecule has 0 unspecified atom stereocenters. The van der Waals surface area contributed by atoms with Gasteiger partial charge in [0.05, 0.1) is 39.5 Å². The largest absolute Gasteiger partial charge is 0.264 e. The number of hydrogen-bond acceptors (Lipinski definition) is 5. The lowest BCUT2D eigenvalue weighted by Crippen LogP contribution is -1.92. The number of rotatable bonds is 5. The third kappa shape index (κ3) is 5.23. The van der Waals surface area contributed by atoms with E-state index in [9.17, 15) is 0 Å². The van der Waals surface area contributed by atoms with Gasteiger partial charge in [0.25, 0.3) is 0 Å². The summed E-state index contributed by atoms with van der Waals surface area (Å²) in [6, 6.07) is 50.1. The second-order valence-electron chi connectivity index (χ2n) is 11.9. The Bertz CT molecular complexity index is 2560. The molecule has 0 aliphatic heterocycles. The molecule has 4 aromatic carbocycles. The van der Waals surface area contributed by atoms with Crippen LogP contribution in [-0.4, -0.2) is 24.9 Å². The molecule has 224 valence electrons. The Morgan fingerprint density at radius 3 is 1.83 bits per heavy atom. The molecule has 5 heterocycles. The van der Waals surface area contributed by atoms with Crippen molar-refractivity contribution in [1.82, 2.24) is 24.9 Å². The van der Waals surface area contributed by atoms with Crippen molar-refractivity contribution in [2.75, 3.05) is 0 Å². The molecule has 0 N–H and O–H groups in total. The highest BCUT2D eigenvalue weighted by Crippen LogP contribution is 2.33. The minimum absolute atomic E-state index is 0.841. The Hall–Kier alpha value is -6.59. The van der Waals surface area contributed by atoms with Gasteiger partial charge in [-0.3, -0.25) is 9.97 Å². The van der Waals surface area contributed by atoms with Gasteiger partial charge in [0, 0.05) is 51.6 Å². The highest BCUT2D eigenvalue weighted by Gasteiger charge is 2.12. The van der Waals surface area contributed by atoms with E-state index in [0.717, 1.165) is 78.1 Å². The average Bonchev–Trinajstić information content (AvgIpc) is 3.17. The summed E-state index contributed by atoms with van der Waals surface area (Å²) >= 11 is 0. The molecule has 0 atom stereocenters. The number of pyridine rings is 5. The molecule has 0 fully saturated rings. The number of fused-ring (bicyclic) bond motifs is 3. The van der Waals surface area contributed by atoms with Gasteiger partial charge < -0.3 is 0 Å². The van der Waals surface area contributed by atoms with E-state index in [2.05, 4.69) is 113 Å². The first-order valence-electron chi connectivity index (χ1n) is 15.9. The van der Waals surface area contributed by atoms with Gasteiger partial charge in [-0.1, -0.05) is 60.7 Å². The van der Waals surface area contributed by atoms with Crippen molar-refractivity contribution in [3.05, 3.63) is 164 Å². The standard InChI is InChI=1S/C43H27N5/c1-2-8-29-26-43-32(21-28(29)7-1)15-18-42(48-43)41-12-5-11-38(47-41)30-13-16-39-31(22-30)14-17-40(46-39)36-24-34(33-9-6-19-44-27-33)23-35(25-36)37-10-3-4-20-45-37/h1-27H. The molecular weight excluding hydrogens is 587 g/mol. The molecule has 0 spiro atoms. The van der Waals surface area contributed by atoms with Crippen LogP contribution in [-0.2, 0) is 0 Å². The summed E-state index contributed by atoms with van der Waals surface area (Å²) < 4.78 is 0. The maximum atomic E-state index is 5.10. The van der Waals surface area contributed by atoms with E-state index in [1.807, 2.05) is 54.9 Å². The van der Waals surface area contributed by atoms with Crippen LogP contribution < -0.4 is 0 Å². The number of benzene rings is 4. The number of nitrogens with zero attached hydrogens (tertiary/aromatic N) is 5. The fourth-order valence-corrected chi connectivity index (χ4v) is 6.30. The van der Waals surface area contributed by atoms with Crippen LogP contribution in [0.2, 0.25) is 0 Å². The van der Waals surface area contributed by atoms with Crippen LogP contribution in [0, 0.1) is 0 Å². The van der Waals surface area contributed by atoms with Gasteiger partial charge in [-0.2, -0.15) is 0 Å². The van der Waals surface area contributed by atoms with Crippen LogP contribution >= 0.6 is 0 Å². The summed E-state index contributed by atoms with van der Waals surface area (Å²) in [5.41, 5.74) is 11.5. The van der Waals surface area contributed by atoms with Gasteiger partial charge in [-0.15, -0.1) is 0 Å². The maximum absolute atomic E-state index is 5.10. The summed E-state index contributed by atoms with van der Waals surface area (Å²) in [5, 5.41) is 4.56. The van der Waals surface area contributed by atoms with Crippen LogP contribution in [0.15, 0.2) is 164 Å². The topological polar surface area (TPSA) is 64.5 Å². The lowest BCUT2D eigenvalue weighted by Gasteiger charge is -2.11. The number of aromatic nitrogens is 5. The van der Waals surface area contributed by atoms with E-state index in [-0.39, 0.29) is 0 Å². The molecule has 0 radical (unpaired) electrons. The van der Waals surface area contributed by atoms with Crippen LogP contribution in [0.3, 0.4) is 0 Å². The van der Waals surface area contributed by atoms with Crippen molar-refractivity contribution in [1.29, 1.82) is 0 Å². The molecular formula is C43H27N5. The van der Waals surface area contributed by atoms with Gasteiger partial charge >= 0.3 is 0 Å². The number of hydrogen-bond donors (Lipinski definition) is 0. The lowest BCUT2D eigenvalue weighted by atomic mass is 9.97. The van der Waals surface area contributed by atoms with Gasteiger partial charge in [0.15, 0.2) is 0 Å². The van der Waals surface area contributed by atoms with Crippen molar-refractivity contribution < 1.29 is 0 Å². The van der Waals surface area contributed by atoms with E-state index in [1.54, 1.807) is 6.20 Å².